The number of hydrogen-bond donors (Lipinski definition) is 0. The van der Waals surface area contributed by atoms with E-state index in [1.807, 2.05) is 0 Å². The van der Waals surface area contributed by atoms with Gasteiger partial charge < -0.3 is 4.48 Å². The van der Waals surface area contributed by atoms with Crippen LogP contribution in [0.15, 0.2) is 0 Å². The van der Waals surface area contributed by atoms with Crippen LogP contribution in [-0.4, -0.2) is 30.7 Å². The number of hydrogen-bond acceptors (Lipinski definition) is 4. The molecule has 5 nitrogen and oxygen atoms in total. The zero-order valence-electron chi connectivity index (χ0n) is 12.1. The minimum atomic E-state index is -5.94. The van der Waals surface area contributed by atoms with E-state index in [0.717, 1.165) is 0 Å². The maximum absolute atomic E-state index is 8.62. The first-order valence-corrected chi connectivity index (χ1v) is 10.2. The van der Waals surface area contributed by atoms with Crippen LogP contribution in [0.5, 0.6) is 0 Å². The molecule has 0 radical (unpaired) electrons. The van der Waals surface area contributed by atoms with Gasteiger partial charge in [-0.3, -0.25) is 13.7 Å². The van der Waals surface area contributed by atoms with E-state index < -0.39 is 20.1 Å². The third-order valence-corrected chi connectivity index (χ3v) is 2.79. The fourth-order valence-electron chi connectivity index (χ4n) is 2.57. The fourth-order valence-corrected chi connectivity index (χ4v) is 2.57. The first kappa shape index (κ1) is 20.8. The topological polar surface area (TPSA) is 92.2 Å². The molecule has 18 heavy (non-hydrogen) atoms. The standard InChI is InChI=1S/C12H28N.IO4/c1-5-9-13(10-6-2,11-7-3)12-8-4;2-1(3,4)5/h5-12H2,1-4H3;/q+1;-1. The molecule has 0 aromatic rings. The van der Waals surface area contributed by atoms with Crippen molar-refractivity contribution in [2.24, 2.45) is 0 Å². The van der Waals surface area contributed by atoms with Crippen molar-refractivity contribution in [2.75, 3.05) is 26.2 Å². The molecule has 0 bridgehead atoms. The molecule has 0 aliphatic carbocycles. The summed E-state index contributed by atoms with van der Waals surface area (Å²) in [6, 6.07) is 0. The van der Waals surface area contributed by atoms with Gasteiger partial charge in [-0.05, 0) is 25.7 Å². The average molecular weight is 377 g/mol. The second kappa shape index (κ2) is 11.4. The Morgan fingerprint density at radius 1 is 0.611 bits per heavy atom. The quantitative estimate of drug-likeness (QED) is 0.316. The Hall–Kier alpha value is 0.530. The lowest BCUT2D eigenvalue weighted by Gasteiger charge is -2.38. The third-order valence-electron chi connectivity index (χ3n) is 2.79. The Kier molecular flexibility index (Phi) is 13.2. The molecule has 0 rings (SSSR count). The zero-order chi connectivity index (χ0) is 14.7. The van der Waals surface area contributed by atoms with Crippen molar-refractivity contribution < 1.29 is 38.3 Å². The third kappa shape index (κ3) is 14.6. The molecule has 0 fully saturated rings. The number of halogens is 1. The van der Waals surface area contributed by atoms with Crippen LogP contribution in [-0.2, 0) is 0 Å². The second-order valence-electron chi connectivity index (χ2n) is 4.61. The molecule has 0 aromatic heterocycles. The summed E-state index contributed by atoms with van der Waals surface area (Å²) in [6.45, 7) is 14.8. The minimum Gasteiger partial charge on any atom is -0.324 e. The van der Waals surface area contributed by atoms with Crippen molar-refractivity contribution in [1.29, 1.82) is 0 Å². The molecule has 0 unspecified atom stereocenters. The monoisotopic (exact) mass is 377 g/mol. The van der Waals surface area contributed by atoms with Gasteiger partial charge in [-0.25, -0.2) is 0 Å². The minimum absolute atomic E-state index is 1.33. The van der Waals surface area contributed by atoms with Gasteiger partial charge in [0.25, 0.3) is 0 Å². The summed E-state index contributed by atoms with van der Waals surface area (Å²) in [7, 11) is 0. The Morgan fingerprint density at radius 2 is 0.778 bits per heavy atom. The van der Waals surface area contributed by atoms with Crippen molar-refractivity contribution in [3.05, 3.63) is 0 Å². The normalized spacial score (nSPS) is 12.0. The summed E-state index contributed by atoms with van der Waals surface area (Å²) in [6.07, 6.45) is 5.33. The van der Waals surface area contributed by atoms with Crippen LogP contribution in [0, 0.1) is 0 Å². The van der Waals surface area contributed by atoms with E-state index in [0.29, 0.717) is 0 Å². The van der Waals surface area contributed by atoms with Crippen LogP contribution in [0.25, 0.3) is 0 Å². The molecule has 0 saturated carbocycles. The Balaban J connectivity index is 0. The van der Waals surface area contributed by atoms with E-state index in [4.69, 9.17) is 13.7 Å². The number of rotatable bonds is 8. The van der Waals surface area contributed by atoms with E-state index >= 15 is 0 Å². The summed E-state index contributed by atoms with van der Waals surface area (Å²) in [5.41, 5.74) is 0. The molecule has 112 valence electrons. The van der Waals surface area contributed by atoms with Crippen LogP contribution in [0.4, 0.5) is 0 Å². The van der Waals surface area contributed by atoms with Crippen molar-refractivity contribution in [3.63, 3.8) is 0 Å². The maximum Gasteiger partial charge on any atom is 0.144 e. The molecule has 6 heteroatoms. The first-order chi connectivity index (χ1) is 8.24. The highest BCUT2D eigenvalue weighted by atomic mass is 127. The zero-order valence-corrected chi connectivity index (χ0v) is 14.3. The lowest BCUT2D eigenvalue weighted by Crippen LogP contribution is -4.29. The van der Waals surface area contributed by atoms with E-state index in [2.05, 4.69) is 27.7 Å². The molecule has 0 atom stereocenters. The predicted octanol–water partition coefficient (Wildman–Crippen LogP) is -4.31. The molecule has 0 heterocycles. The SMILES string of the molecule is CCC[N+](CCC)(CCC)CCC.[O-][I+3]([O-])([O-])[O-]. The summed E-state index contributed by atoms with van der Waals surface area (Å²) in [4.78, 5) is 0. The van der Waals surface area contributed by atoms with Gasteiger partial charge in [-0.2, -0.15) is 0 Å². The summed E-state index contributed by atoms with van der Waals surface area (Å²) < 4.78 is 35.8. The molecule has 0 aliphatic heterocycles. The van der Waals surface area contributed by atoms with Gasteiger partial charge >= 0.3 is 0 Å². The number of quaternary nitrogens is 1. The van der Waals surface area contributed by atoms with E-state index in [1.54, 1.807) is 0 Å². The number of nitrogens with zero attached hydrogens (tertiary/aromatic N) is 1. The predicted molar refractivity (Wildman–Crippen MR) is 60.9 cm³/mol. The van der Waals surface area contributed by atoms with Gasteiger partial charge in [-0.15, -0.1) is 0 Å². The lowest BCUT2D eigenvalue weighted by molar-refractivity contribution is -2.00. The summed E-state index contributed by atoms with van der Waals surface area (Å²) >= 11 is -5.94. The van der Waals surface area contributed by atoms with Crippen molar-refractivity contribution in [3.8, 4) is 0 Å². The largest absolute Gasteiger partial charge is 0.324 e. The van der Waals surface area contributed by atoms with E-state index in [-0.39, 0.29) is 0 Å². The van der Waals surface area contributed by atoms with Crippen LogP contribution < -0.4 is 33.8 Å². The Bertz CT molecular complexity index is 150. The summed E-state index contributed by atoms with van der Waals surface area (Å²) in [5, 5.41) is 0. The molecule has 0 aliphatic rings. The second-order valence-corrected chi connectivity index (χ2v) is 6.77. The molecule has 0 amide bonds. The Morgan fingerprint density at radius 3 is 0.889 bits per heavy atom. The molecule has 0 aromatic carbocycles. The highest BCUT2D eigenvalue weighted by Gasteiger charge is 2.22. The average Bonchev–Trinajstić information content (AvgIpc) is 2.16. The van der Waals surface area contributed by atoms with E-state index in [9.17, 15) is 0 Å². The van der Waals surface area contributed by atoms with Gasteiger partial charge in [0.2, 0.25) is 0 Å². The van der Waals surface area contributed by atoms with Gasteiger partial charge in [0.05, 0.1) is 26.2 Å². The smallest absolute Gasteiger partial charge is 0.144 e. The lowest BCUT2D eigenvalue weighted by atomic mass is 10.2. The van der Waals surface area contributed by atoms with Gasteiger partial charge in [0.15, 0.2) is 0 Å². The van der Waals surface area contributed by atoms with E-state index in [1.165, 1.54) is 56.3 Å². The molecule has 0 spiro atoms. The van der Waals surface area contributed by atoms with Crippen molar-refractivity contribution in [1.82, 2.24) is 0 Å². The van der Waals surface area contributed by atoms with Crippen molar-refractivity contribution >= 4 is 0 Å². The van der Waals surface area contributed by atoms with Crippen LogP contribution >= 0.6 is 0 Å². The van der Waals surface area contributed by atoms with Gasteiger partial charge in [-0.1, -0.05) is 27.7 Å². The first-order valence-electron chi connectivity index (χ1n) is 6.71. The highest BCUT2D eigenvalue weighted by Crippen LogP contribution is 2.12. The maximum atomic E-state index is 8.62. The van der Waals surface area contributed by atoms with Crippen LogP contribution in [0.3, 0.4) is 0 Å². The van der Waals surface area contributed by atoms with Gasteiger partial charge in [0, 0.05) is 0 Å². The Labute approximate surface area is 118 Å². The molecule has 0 saturated heterocycles. The highest BCUT2D eigenvalue weighted by molar-refractivity contribution is 4.43. The summed E-state index contributed by atoms with van der Waals surface area (Å²) in [5.74, 6) is 0. The van der Waals surface area contributed by atoms with Gasteiger partial charge in [0.1, 0.15) is 20.1 Å². The van der Waals surface area contributed by atoms with Crippen molar-refractivity contribution in [2.45, 2.75) is 53.4 Å². The van der Waals surface area contributed by atoms with Crippen LogP contribution in [0.2, 0.25) is 0 Å². The van der Waals surface area contributed by atoms with Crippen LogP contribution in [0.1, 0.15) is 53.4 Å². The molecular weight excluding hydrogens is 349 g/mol. The molecular formula is C12H28INO4. The molecule has 0 N–H and O–H groups in total. The fraction of sp³-hybridized carbons (Fsp3) is 1.00.